The summed E-state index contributed by atoms with van der Waals surface area (Å²) in [7, 11) is 0. The fourth-order valence-electron chi connectivity index (χ4n) is 4.80. The summed E-state index contributed by atoms with van der Waals surface area (Å²) in [6, 6.07) is 18.4. The van der Waals surface area contributed by atoms with Gasteiger partial charge in [-0.05, 0) is 67.8 Å². The lowest BCUT2D eigenvalue weighted by molar-refractivity contribution is -0.131. The van der Waals surface area contributed by atoms with Gasteiger partial charge in [0.1, 0.15) is 5.75 Å². The number of para-hydroxylation sites is 1. The van der Waals surface area contributed by atoms with Crippen LogP contribution in [0.5, 0.6) is 5.75 Å². The fourth-order valence-corrected chi connectivity index (χ4v) is 4.80. The summed E-state index contributed by atoms with van der Waals surface area (Å²) >= 11 is 0. The third-order valence-electron chi connectivity index (χ3n) is 6.28. The number of fused-ring (bicyclic) bond motifs is 1. The maximum Gasteiger partial charge on any atom is 0.255 e. The first kappa shape index (κ1) is 21.9. The van der Waals surface area contributed by atoms with Gasteiger partial charge in [0, 0.05) is 30.3 Å². The standard InChI is InChI=1S/C26H31N3O3/c1-2-28-22(17-20-8-3-4-11-24(20)28)13-12-21-9-6-14-29(21)26(31)16-19-7-5-10-23(15-19)32-18-25(27)30/h3-5,7-8,10-11,15,17,21H,2,6,9,12-14,16,18H2,1H3,(H2,27,30)/t21-/m0/s1. The average molecular weight is 434 g/mol. The SMILES string of the molecule is CCn1c(CC[C@@H]2CCCN2C(=O)Cc2cccc(OCC(N)=O)c2)cc2ccccc21. The Balaban J connectivity index is 1.39. The maximum absolute atomic E-state index is 13.1. The normalized spacial score (nSPS) is 15.9. The van der Waals surface area contributed by atoms with Crippen LogP contribution in [0.3, 0.4) is 0 Å². The van der Waals surface area contributed by atoms with E-state index in [9.17, 15) is 9.59 Å². The third kappa shape index (κ3) is 4.96. The number of benzene rings is 2. The third-order valence-corrected chi connectivity index (χ3v) is 6.28. The van der Waals surface area contributed by atoms with Crippen molar-refractivity contribution in [1.82, 2.24) is 9.47 Å². The van der Waals surface area contributed by atoms with Gasteiger partial charge in [-0.2, -0.15) is 0 Å². The van der Waals surface area contributed by atoms with Gasteiger partial charge in [-0.15, -0.1) is 0 Å². The molecule has 32 heavy (non-hydrogen) atoms. The molecular weight excluding hydrogens is 402 g/mol. The number of carbonyl (C=O) groups excluding carboxylic acids is 2. The highest BCUT2D eigenvalue weighted by atomic mass is 16.5. The predicted molar refractivity (Wildman–Crippen MR) is 126 cm³/mol. The fraction of sp³-hybridized carbons (Fsp3) is 0.385. The lowest BCUT2D eigenvalue weighted by atomic mass is 10.1. The van der Waals surface area contributed by atoms with Crippen molar-refractivity contribution in [1.29, 1.82) is 0 Å². The smallest absolute Gasteiger partial charge is 0.255 e. The van der Waals surface area contributed by atoms with Crippen molar-refractivity contribution in [2.24, 2.45) is 5.73 Å². The van der Waals surface area contributed by atoms with Gasteiger partial charge >= 0.3 is 0 Å². The molecule has 168 valence electrons. The minimum absolute atomic E-state index is 0.149. The summed E-state index contributed by atoms with van der Waals surface area (Å²) in [5.41, 5.74) is 8.64. The zero-order valence-corrected chi connectivity index (χ0v) is 18.6. The van der Waals surface area contributed by atoms with E-state index >= 15 is 0 Å². The number of nitrogens with two attached hydrogens (primary N) is 1. The molecule has 1 atom stereocenters. The minimum atomic E-state index is -0.520. The van der Waals surface area contributed by atoms with Crippen LogP contribution in [0.25, 0.3) is 10.9 Å². The van der Waals surface area contributed by atoms with Crippen LogP contribution in [0, 0.1) is 0 Å². The monoisotopic (exact) mass is 433 g/mol. The number of aryl methyl sites for hydroxylation is 2. The van der Waals surface area contributed by atoms with Crippen molar-refractivity contribution in [3.05, 3.63) is 65.9 Å². The lowest BCUT2D eigenvalue weighted by Crippen LogP contribution is -2.37. The Kier molecular flexibility index (Phi) is 6.78. The topological polar surface area (TPSA) is 77.6 Å². The molecule has 0 saturated carbocycles. The van der Waals surface area contributed by atoms with Crippen molar-refractivity contribution in [3.63, 3.8) is 0 Å². The van der Waals surface area contributed by atoms with Gasteiger partial charge in [0.2, 0.25) is 5.91 Å². The Bertz CT molecular complexity index is 1100. The van der Waals surface area contributed by atoms with Crippen LogP contribution in [0.4, 0.5) is 0 Å². The van der Waals surface area contributed by atoms with Gasteiger partial charge in [0.05, 0.1) is 6.42 Å². The molecule has 0 spiro atoms. The molecule has 2 amide bonds. The first-order valence-electron chi connectivity index (χ1n) is 11.4. The molecule has 0 bridgehead atoms. The van der Waals surface area contributed by atoms with E-state index in [-0.39, 0.29) is 18.6 Å². The molecule has 1 fully saturated rings. The van der Waals surface area contributed by atoms with Crippen LogP contribution in [0.15, 0.2) is 54.6 Å². The van der Waals surface area contributed by atoms with Gasteiger partial charge in [0.25, 0.3) is 5.91 Å². The Hall–Kier alpha value is -3.28. The number of rotatable bonds is 9. The average Bonchev–Trinajstić information content (AvgIpc) is 3.40. The van der Waals surface area contributed by atoms with Gasteiger partial charge in [0.15, 0.2) is 6.61 Å². The Morgan fingerprint density at radius 2 is 1.97 bits per heavy atom. The molecular formula is C26H31N3O3. The van der Waals surface area contributed by atoms with E-state index in [1.807, 2.05) is 18.2 Å². The number of aromatic nitrogens is 1. The zero-order chi connectivity index (χ0) is 22.5. The predicted octanol–water partition coefficient (Wildman–Crippen LogP) is 3.69. The molecule has 0 unspecified atom stereocenters. The Labute approximate surface area is 188 Å². The number of carbonyl (C=O) groups is 2. The summed E-state index contributed by atoms with van der Waals surface area (Å²) in [5, 5.41) is 1.28. The van der Waals surface area contributed by atoms with Gasteiger partial charge < -0.3 is 19.9 Å². The van der Waals surface area contributed by atoms with Crippen LogP contribution in [-0.4, -0.2) is 40.5 Å². The van der Waals surface area contributed by atoms with E-state index in [0.717, 1.165) is 44.3 Å². The van der Waals surface area contributed by atoms with Gasteiger partial charge in [-0.25, -0.2) is 0 Å². The molecule has 0 aliphatic carbocycles. The molecule has 6 heteroatoms. The largest absolute Gasteiger partial charge is 0.484 e. The Morgan fingerprint density at radius 3 is 2.78 bits per heavy atom. The van der Waals surface area contributed by atoms with Gasteiger partial charge in [-0.1, -0.05) is 30.3 Å². The molecule has 2 heterocycles. The van der Waals surface area contributed by atoms with E-state index in [2.05, 4.69) is 46.7 Å². The first-order chi connectivity index (χ1) is 15.5. The summed E-state index contributed by atoms with van der Waals surface area (Å²) in [6.07, 6.45) is 4.38. The van der Waals surface area contributed by atoms with Gasteiger partial charge in [-0.3, -0.25) is 9.59 Å². The number of hydrogen-bond acceptors (Lipinski definition) is 3. The van der Waals surface area contributed by atoms with Crippen LogP contribution in [0.2, 0.25) is 0 Å². The minimum Gasteiger partial charge on any atom is -0.484 e. The van der Waals surface area contributed by atoms with Crippen molar-refractivity contribution >= 4 is 22.7 Å². The number of nitrogens with zero attached hydrogens (tertiary/aromatic N) is 2. The summed E-state index contributed by atoms with van der Waals surface area (Å²) in [6.45, 7) is 3.78. The number of likely N-dealkylation sites (tertiary alicyclic amines) is 1. The summed E-state index contributed by atoms with van der Waals surface area (Å²) < 4.78 is 7.75. The second kappa shape index (κ2) is 9.90. The molecule has 6 nitrogen and oxygen atoms in total. The molecule has 1 aliphatic heterocycles. The molecule has 4 rings (SSSR count). The van der Waals surface area contributed by atoms with Crippen molar-refractivity contribution < 1.29 is 14.3 Å². The summed E-state index contributed by atoms with van der Waals surface area (Å²) in [4.78, 5) is 26.1. The molecule has 0 radical (unpaired) electrons. The molecule has 2 aromatic carbocycles. The number of primary amides is 1. The first-order valence-corrected chi connectivity index (χ1v) is 11.4. The highest BCUT2D eigenvalue weighted by Crippen LogP contribution is 2.26. The van der Waals surface area contributed by atoms with E-state index in [1.54, 1.807) is 6.07 Å². The van der Waals surface area contributed by atoms with Crippen LogP contribution < -0.4 is 10.5 Å². The molecule has 1 saturated heterocycles. The molecule has 1 aromatic heterocycles. The summed E-state index contributed by atoms with van der Waals surface area (Å²) in [5.74, 6) is 0.184. The van der Waals surface area contributed by atoms with Crippen LogP contribution in [0.1, 0.15) is 37.4 Å². The molecule has 3 aromatic rings. The molecule has 1 aliphatic rings. The second-order valence-electron chi connectivity index (χ2n) is 8.44. The second-order valence-corrected chi connectivity index (χ2v) is 8.44. The van der Waals surface area contributed by atoms with Crippen LogP contribution >= 0.6 is 0 Å². The molecule has 2 N–H and O–H groups in total. The van der Waals surface area contributed by atoms with Crippen molar-refractivity contribution in [2.45, 2.75) is 51.6 Å². The van der Waals surface area contributed by atoms with Crippen LogP contribution in [-0.2, 0) is 29.0 Å². The number of amides is 2. The highest BCUT2D eigenvalue weighted by Gasteiger charge is 2.28. The van der Waals surface area contributed by atoms with Crippen molar-refractivity contribution in [2.75, 3.05) is 13.2 Å². The number of hydrogen-bond donors (Lipinski definition) is 1. The van der Waals surface area contributed by atoms with E-state index in [1.165, 1.54) is 16.6 Å². The van der Waals surface area contributed by atoms with E-state index in [4.69, 9.17) is 10.5 Å². The highest BCUT2D eigenvalue weighted by molar-refractivity contribution is 5.81. The maximum atomic E-state index is 13.1. The Morgan fingerprint density at radius 1 is 1.12 bits per heavy atom. The van der Waals surface area contributed by atoms with E-state index < -0.39 is 5.91 Å². The lowest BCUT2D eigenvalue weighted by Gasteiger charge is -2.25. The zero-order valence-electron chi connectivity index (χ0n) is 18.6. The number of ether oxygens (including phenoxy) is 1. The van der Waals surface area contributed by atoms with E-state index in [0.29, 0.717) is 12.2 Å². The quantitative estimate of drug-likeness (QED) is 0.559. The van der Waals surface area contributed by atoms with Crippen molar-refractivity contribution in [3.8, 4) is 5.75 Å².